The third-order valence-electron chi connectivity index (χ3n) is 2.59. The van der Waals surface area contributed by atoms with E-state index in [4.69, 9.17) is 10.5 Å². The summed E-state index contributed by atoms with van der Waals surface area (Å²) in [7, 11) is 1.54. The molecule has 0 atom stereocenters. The van der Waals surface area contributed by atoms with E-state index in [0.29, 0.717) is 22.6 Å². The summed E-state index contributed by atoms with van der Waals surface area (Å²) in [6.45, 7) is 0. The van der Waals surface area contributed by atoms with Crippen LogP contribution >= 0.6 is 31.9 Å². The summed E-state index contributed by atoms with van der Waals surface area (Å²) in [4.78, 5) is 12.5. The van der Waals surface area contributed by atoms with Crippen LogP contribution < -0.4 is 10.5 Å². The molecule has 5 heteroatoms. The van der Waals surface area contributed by atoms with E-state index >= 15 is 0 Å². The molecule has 3 nitrogen and oxygen atoms in total. The number of methoxy groups -OCH3 is 1. The maximum atomic E-state index is 12.5. The SMILES string of the molecule is COc1ccc(Br)cc1C(=O)c1cc(N)cc(Br)c1. The number of nitrogen functional groups attached to an aromatic ring is 1. The second-order valence-corrected chi connectivity index (χ2v) is 5.78. The van der Waals surface area contributed by atoms with Crippen molar-refractivity contribution in [3.63, 3.8) is 0 Å². The van der Waals surface area contributed by atoms with Crippen molar-refractivity contribution < 1.29 is 9.53 Å². The van der Waals surface area contributed by atoms with Crippen LogP contribution in [0.15, 0.2) is 45.3 Å². The molecule has 0 bridgehead atoms. The lowest BCUT2D eigenvalue weighted by atomic mass is 10.0. The first kappa shape index (κ1) is 14.1. The fraction of sp³-hybridized carbons (Fsp3) is 0.0714. The monoisotopic (exact) mass is 383 g/mol. The minimum Gasteiger partial charge on any atom is -0.496 e. The first-order valence-electron chi connectivity index (χ1n) is 5.45. The third-order valence-corrected chi connectivity index (χ3v) is 3.54. The van der Waals surface area contributed by atoms with Crippen molar-refractivity contribution in [2.45, 2.75) is 0 Å². The molecular weight excluding hydrogens is 374 g/mol. The number of benzene rings is 2. The smallest absolute Gasteiger partial charge is 0.196 e. The Hall–Kier alpha value is -1.33. The fourth-order valence-electron chi connectivity index (χ4n) is 1.76. The number of rotatable bonds is 3. The second kappa shape index (κ2) is 5.75. The standard InChI is InChI=1S/C14H11Br2NO2/c1-19-13-3-2-9(15)7-12(13)14(18)8-4-10(16)6-11(17)5-8/h2-7H,17H2,1H3. The zero-order valence-electron chi connectivity index (χ0n) is 10.1. The third kappa shape index (κ3) is 3.16. The van der Waals surface area contributed by atoms with Crippen LogP contribution in [0.5, 0.6) is 5.75 Å². The minimum atomic E-state index is -0.133. The molecule has 2 aromatic rings. The van der Waals surface area contributed by atoms with Gasteiger partial charge >= 0.3 is 0 Å². The first-order valence-corrected chi connectivity index (χ1v) is 7.04. The lowest BCUT2D eigenvalue weighted by molar-refractivity contribution is 0.103. The van der Waals surface area contributed by atoms with Gasteiger partial charge in [0.05, 0.1) is 12.7 Å². The Morgan fingerprint density at radius 2 is 1.84 bits per heavy atom. The van der Waals surface area contributed by atoms with Crippen LogP contribution in [0.2, 0.25) is 0 Å². The van der Waals surface area contributed by atoms with Crippen LogP contribution in [0, 0.1) is 0 Å². The van der Waals surface area contributed by atoms with Crippen LogP contribution in [0.4, 0.5) is 5.69 Å². The van der Waals surface area contributed by atoms with Crippen molar-refractivity contribution in [1.29, 1.82) is 0 Å². The minimum absolute atomic E-state index is 0.133. The van der Waals surface area contributed by atoms with Crippen LogP contribution in [-0.2, 0) is 0 Å². The van der Waals surface area contributed by atoms with Crippen LogP contribution in [-0.4, -0.2) is 12.9 Å². The molecule has 0 aromatic heterocycles. The van der Waals surface area contributed by atoms with Crippen LogP contribution in [0.1, 0.15) is 15.9 Å². The maximum Gasteiger partial charge on any atom is 0.196 e. The van der Waals surface area contributed by atoms with Crippen molar-refractivity contribution in [1.82, 2.24) is 0 Å². The summed E-state index contributed by atoms with van der Waals surface area (Å²) in [6, 6.07) is 10.4. The van der Waals surface area contributed by atoms with Crippen LogP contribution in [0.25, 0.3) is 0 Å². The quantitative estimate of drug-likeness (QED) is 0.641. The number of ketones is 1. The Morgan fingerprint density at radius 3 is 2.47 bits per heavy atom. The van der Waals surface area contributed by atoms with Crippen molar-refractivity contribution in [3.8, 4) is 5.75 Å². The Morgan fingerprint density at radius 1 is 1.11 bits per heavy atom. The lowest BCUT2D eigenvalue weighted by Gasteiger charge is -2.09. The molecule has 98 valence electrons. The van der Waals surface area contributed by atoms with Gasteiger partial charge in [0.2, 0.25) is 0 Å². The summed E-state index contributed by atoms with van der Waals surface area (Å²) in [5.41, 5.74) is 7.30. The number of ether oxygens (including phenoxy) is 1. The molecule has 0 saturated heterocycles. The predicted molar refractivity (Wildman–Crippen MR) is 82.7 cm³/mol. The molecule has 0 spiro atoms. The highest BCUT2D eigenvalue weighted by molar-refractivity contribution is 9.10. The van der Waals surface area contributed by atoms with Gasteiger partial charge in [0.15, 0.2) is 5.78 Å². The van der Waals surface area contributed by atoms with Gasteiger partial charge in [-0.25, -0.2) is 0 Å². The molecule has 0 saturated carbocycles. The van der Waals surface area contributed by atoms with Gasteiger partial charge in [-0.05, 0) is 36.4 Å². The van der Waals surface area contributed by atoms with Gasteiger partial charge in [-0.2, -0.15) is 0 Å². The number of hydrogen-bond acceptors (Lipinski definition) is 3. The van der Waals surface area contributed by atoms with E-state index in [1.807, 2.05) is 6.07 Å². The van der Waals surface area contributed by atoms with E-state index in [-0.39, 0.29) is 5.78 Å². The lowest BCUT2D eigenvalue weighted by Crippen LogP contribution is -2.05. The summed E-state index contributed by atoms with van der Waals surface area (Å²) in [5.74, 6) is 0.401. The van der Waals surface area contributed by atoms with Crippen molar-refractivity contribution in [2.75, 3.05) is 12.8 Å². The molecule has 0 aliphatic rings. The number of carbonyl (C=O) groups is 1. The molecule has 0 heterocycles. The van der Waals surface area contributed by atoms with E-state index in [2.05, 4.69) is 31.9 Å². The molecule has 19 heavy (non-hydrogen) atoms. The van der Waals surface area contributed by atoms with E-state index in [9.17, 15) is 4.79 Å². The topological polar surface area (TPSA) is 52.3 Å². The number of carbonyl (C=O) groups excluding carboxylic acids is 1. The summed E-state index contributed by atoms with van der Waals surface area (Å²) in [6.07, 6.45) is 0. The molecule has 0 amide bonds. The van der Waals surface area contributed by atoms with E-state index in [1.165, 1.54) is 7.11 Å². The molecule has 0 unspecified atom stereocenters. The Labute approximate surface area is 128 Å². The molecular formula is C14H11Br2NO2. The number of halogens is 2. The predicted octanol–water partition coefficient (Wildman–Crippen LogP) is 4.03. The number of nitrogens with two attached hydrogens (primary N) is 1. The Bertz CT molecular complexity index is 621. The number of hydrogen-bond donors (Lipinski definition) is 1. The average molecular weight is 385 g/mol. The van der Waals surface area contributed by atoms with Crippen molar-refractivity contribution in [2.24, 2.45) is 0 Å². The molecule has 2 N–H and O–H groups in total. The first-order chi connectivity index (χ1) is 9.01. The van der Waals surface area contributed by atoms with Gasteiger partial charge in [-0.15, -0.1) is 0 Å². The normalized spacial score (nSPS) is 10.3. The van der Waals surface area contributed by atoms with Crippen LogP contribution in [0.3, 0.4) is 0 Å². The average Bonchev–Trinajstić information content (AvgIpc) is 2.36. The number of anilines is 1. The van der Waals surface area contributed by atoms with Gasteiger partial charge in [0.1, 0.15) is 5.75 Å². The highest BCUT2D eigenvalue weighted by atomic mass is 79.9. The highest BCUT2D eigenvalue weighted by Gasteiger charge is 2.15. The largest absolute Gasteiger partial charge is 0.496 e. The van der Waals surface area contributed by atoms with E-state index < -0.39 is 0 Å². The van der Waals surface area contributed by atoms with E-state index in [1.54, 1.807) is 30.3 Å². The Balaban J connectivity index is 2.52. The molecule has 0 radical (unpaired) electrons. The van der Waals surface area contributed by atoms with Gasteiger partial charge in [0.25, 0.3) is 0 Å². The molecule has 0 fully saturated rings. The maximum absolute atomic E-state index is 12.5. The van der Waals surface area contributed by atoms with Crippen molar-refractivity contribution >= 4 is 43.3 Å². The van der Waals surface area contributed by atoms with Crippen molar-refractivity contribution in [3.05, 3.63) is 56.5 Å². The van der Waals surface area contributed by atoms with Gasteiger partial charge < -0.3 is 10.5 Å². The highest BCUT2D eigenvalue weighted by Crippen LogP contribution is 2.27. The van der Waals surface area contributed by atoms with Gasteiger partial charge in [0, 0.05) is 20.2 Å². The summed E-state index contributed by atoms with van der Waals surface area (Å²) < 4.78 is 6.81. The molecule has 0 aliphatic carbocycles. The fourth-order valence-corrected chi connectivity index (χ4v) is 2.63. The zero-order chi connectivity index (χ0) is 14.0. The second-order valence-electron chi connectivity index (χ2n) is 3.95. The molecule has 2 aromatic carbocycles. The molecule has 0 aliphatic heterocycles. The summed E-state index contributed by atoms with van der Waals surface area (Å²) >= 11 is 6.68. The zero-order valence-corrected chi connectivity index (χ0v) is 13.3. The van der Waals surface area contributed by atoms with E-state index in [0.717, 1.165) is 8.95 Å². The van der Waals surface area contributed by atoms with Gasteiger partial charge in [-0.1, -0.05) is 31.9 Å². The van der Waals surface area contributed by atoms with Gasteiger partial charge in [-0.3, -0.25) is 4.79 Å². The summed E-state index contributed by atoms with van der Waals surface area (Å²) in [5, 5.41) is 0. The Kier molecular flexibility index (Phi) is 4.27. The molecule has 2 rings (SSSR count).